The Morgan fingerprint density at radius 1 is 1.00 bits per heavy atom. The molecule has 16 heavy (non-hydrogen) atoms. The van der Waals surface area contributed by atoms with Crippen molar-refractivity contribution in [3.05, 3.63) is 59.7 Å². The van der Waals surface area contributed by atoms with E-state index in [1.165, 1.54) is 5.56 Å². The lowest BCUT2D eigenvalue weighted by atomic mass is 10.1. The fourth-order valence-electron chi connectivity index (χ4n) is 1.56. The first-order valence-corrected chi connectivity index (χ1v) is 5.60. The predicted molar refractivity (Wildman–Crippen MR) is 65.4 cm³/mol. The first-order valence-electron chi connectivity index (χ1n) is 5.60. The Labute approximate surface area is 96.4 Å². The van der Waals surface area contributed by atoms with E-state index in [1.807, 2.05) is 30.6 Å². The lowest BCUT2D eigenvalue weighted by molar-refractivity contribution is 0.803. The molecule has 2 heteroatoms. The second kappa shape index (κ2) is 4.88. The summed E-state index contributed by atoms with van der Waals surface area (Å²) in [6.07, 6.45) is 4.61. The molecule has 0 unspecified atom stereocenters. The van der Waals surface area contributed by atoms with E-state index in [2.05, 4.69) is 35.9 Å². The molecule has 1 aromatic heterocycles. The second-order valence-corrected chi connectivity index (χ2v) is 4.25. The lowest BCUT2D eigenvalue weighted by Crippen LogP contribution is -1.98. The molecule has 2 rings (SSSR count). The Hall–Kier alpha value is -1.70. The fraction of sp³-hybridized carbons (Fsp3) is 0.286. The summed E-state index contributed by atoms with van der Waals surface area (Å²) < 4.78 is 0. The number of benzene rings is 1. The molecule has 1 aromatic carbocycles. The zero-order chi connectivity index (χ0) is 11.4. The van der Waals surface area contributed by atoms with Gasteiger partial charge in [0.2, 0.25) is 0 Å². The van der Waals surface area contributed by atoms with E-state index in [4.69, 9.17) is 0 Å². The van der Waals surface area contributed by atoms with Crippen LogP contribution in [0.3, 0.4) is 0 Å². The van der Waals surface area contributed by atoms with Crippen LogP contribution in [-0.2, 0) is 6.42 Å². The second-order valence-electron chi connectivity index (χ2n) is 4.25. The van der Waals surface area contributed by atoms with Crippen LogP contribution in [0.4, 0.5) is 0 Å². The maximum atomic E-state index is 4.43. The zero-order valence-corrected chi connectivity index (χ0v) is 9.72. The summed E-state index contributed by atoms with van der Waals surface area (Å²) in [6, 6.07) is 10.3. The summed E-state index contributed by atoms with van der Waals surface area (Å²) >= 11 is 0. The van der Waals surface area contributed by atoms with Crippen molar-refractivity contribution in [2.24, 2.45) is 0 Å². The number of hydrogen-bond donors (Lipinski definition) is 0. The first kappa shape index (κ1) is 10.8. The normalized spacial score (nSPS) is 10.7. The quantitative estimate of drug-likeness (QED) is 0.780. The summed E-state index contributed by atoms with van der Waals surface area (Å²) in [5, 5.41) is 0. The Morgan fingerprint density at radius 3 is 2.31 bits per heavy atom. The average Bonchev–Trinajstić information content (AvgIpc) is 2.31. The van der Waals surface area contributed by atoms with Gasteiger partial charge < -0.3 is 0 Å². The minimum absolute atomic E-state index is 0.443. The number of hydrogen-bond acceptors (Lipinski definition) is 2. The van der Waals surface area contributed by atoms with Crippen LogP contribution >= 0.6 is 0 Å². The van der Waals surface area contributed by atoms with E-state index in [-0.39, 0.29) is 0 Å². The topological polar surface area (TPSA) is 25.8 Å². The highest BCUT2D eigenvalue weighted by Gasteiger charge is 2.02. The molecule has 0 aliphatic rings. The van der Waals surface area contributed by atoms with Gasteiger partial charge in [-0.3, -0.25) is 9.97 Å². The smallest absolute Gasteiger partial charge is 0.0630 e. The maximum absolute atomic E-state index is 4.43. The van der Waals surface area contributed by atoms with Gasteiger partial charge in [0.05, 0.1) is 11.4 Å². The Morgan fingerprint density at radius 2 is 1.75 bits per heavy atom. The van der Waals surface area contributed by atoms with Crippen LogP contribution in [-0.4, -0.2) is 9.97 Å². The van der Waals surface area contributed by atoms with Crippen LogP contribution in [0.2, 0.25) is 0 Å². The van der Waals surface area contributed by atoms with Crippen LogP contribution in [0.15, 0.2) is 42.7 Å². The molecule has 0 N–H and O–H groups in total. The molecule has 2 nitrogen and oxygen atoms in total. The van der Waals surface area contributed by atoms with Gasteiger partial charge in [0.25, 0.3) is 0 Å². The molecule has 0 saturated carbocycles. The van der Waals surface area contributed by atoms with E-state index in [0.717, 1.165) is 17.8 Å². The van der Waals surface area contributed by atoms with E-state index in [0.29, 0.717) is 5.92 Å². The molecule has 0 radical (unpaired) electrons. The summed E-state index contributed by atoms with van der Waals surface area (Å²) in [5.74, 6) is 0.443. The molecule has 2 aromatic rings. The fourth-order valence-corrected chi connectivity index (χ4v) is 1.56. The van der Waals surface area contributed by atoms with Gasteiger partial charge in [-0.1, -0.05) is 44.2 Å². The molecular formula is C14H16N2. The van der Waals surface area contributed by atoms with Gasteiger partial charge in [-0.25, -0.2) is 0 Å². The van der Waals surface area contributed by atoms with Gasteiger partial charge in [-0.05, 0) is 11.5 Å². The predicted octanol–water partition coefficient (Wildman–Crippen LogP) is 3.19. The van der Waals surface area contributed by atoms with Gasteiger partial charge in [-0.2, -0.15) is 0 Å². The lowest BCUT2D eigenvalue weighted by Gasteiger charge is -2.05. The monoisotopic (exact) mass is 212 g/mol. The molecule has 0 aliphatic carbocycles. The van der Waals surface area contributed by atoms with E-state index in [1.54, 1.807) is 0 Å². The van der Waals surface area contributed by atoms with Crippen molar-refractivity contribution in [2.75, 3.05) is 0 Å². The molecule has 0 amide bonds. The third-order valence-electron chi connectivity index (χ3n) is 2.54. The van der Waals surface area contributed by atoms with Crippen LogP contribution in [0.5, 0.6) is 0 Å². The van der Waals surface area contributed by atoms with E-state index >= 15 is 0 Å². The number of aromatic nitrogens is 2. The molecule has 1 heterocycles. The molecule has 0 saturated heterocycles. The molecule has 0 bridgehead atoms. The summed E-state index contributed by atoms with van der Waals surface area (Å²) in [6.45, 7) is 4.25. The number of nitrogens with zero attached hydrogens (tertiary/aromatic N) is 2. The van der Waals surface area contributed by atoms with Crippen molar-refractivity contribution < 1.29 is 0 Å². The Balaban J connectivity index is 2.11. The van der Waals surface area contributed by atoms with Crippen molar-refractivity contribution in [1.82, 2.24) is 9.97 Å². The van der Waals surface area contributed by atoms with Crippen LogP contribution in [0, 0.1) is 0 Å². The summed E-state index contributed by atoms with van der Waals surface area (Å²) in [4.78, 5) is 8.84. The van der Waals surface area contributed by atoms with Crippen molar-refractivity contribution in [1.29, 1.82) is 0 Å². The van der Waals surface area contributed by atoms with Crippen LogP contribution in [0.1, 0.15) is 36.7 Å². The SMILES string of the molecule is CC(C)c1cnc(Cc2ccccc2)cn1. The minimum Gasteiger partial charge on any atom is -0.258 e. The summed E-state index contributed by atoms with van der Waals surface area (Å²) in [5.41, 5.74) is 3.35. The van der Waals surface area contributed by atoms with E-state index < -0.39 is 0 Å². The van der Waals surface area contributed by atoms with E-state index in [9.17, 15) is 0 Å². The third-order valence-corrected chi connectivity index (χ3v) is 2.54. The highest BCUT2D eigenvalue weighted by molar-refractivity contribution is 5.20. The van der Waals surface area contributed by atoms with Crippen LogP contribution in [0.25, 0.3) is 0 Å². The van der Waals surface area contributed by atoms with Gasteiger partial charge in [0.1, 0.15) is 0 Å². The first-order chi connectivity index (χ1) is 7.75. The summed E-state index contributed by atoms with van der Waals surface area (Å²) in [7, 11) is 0. The molecule has 0 atom stereocenters. The van der Waals surface area contributed by atoms with Crippen molar-refractivity contribution >= 4 is 0 Å². The molecule has 0 spiro atoms. The number of rotatable bonds is 3. The molecule has 0 aliphatic heterocycles. The zero-order valence-electron chi connectivity index (χ0n) is 9.72. The minimum atomic E-state index is 0.443. The van der Waals surface area contributed by atoms with Gasteiger partial charge in [-0.15, -0.1) is 0 Å². The van der Waals surface area contributed by atoms with Crippen molar-refractivity contribution in [3.63, 3.8) is 0 Å². The van der Waals surface area contributed by atoms with Gasteiger partial charge >= 0.3 is 0 Å². The Kier molecular flexibility index (Phi) is 3.30. The van der Waals surface area contributed by atoms with Crippen LogP contribution < -0.4 is 0 Å². The Bertz CT molecular complexity index is 432. The average molecular weight is 212 g/mol. The largest absolute Gasteiger partial charge is 0.258 e. The molecular weight excluding hydrogens is 196 g/mol. The van der Waals surface area contributed by atoms with Gasteiger partial charge in [0.15, 0.2) is 0 Å². The third kappa shape index (κ3) is 2.66. The molecule has 0 fully saturated rings. The highest BCUT2D eigenvalue weighted by atomic mass is 14.8. The highest BCUT2D eigenvalue weighted by Crippen LogP contribution is 2.11. The van der Waals surface area contributed by atoms with Crippen molar-refractivity contribution in [2.45, 2.75) is 26.2 Å². The van der Waals surface area contributed by atoms with Crippen molar-refractivity contribution in [3.8, 4) is 0 Å². The standard InChI is InChI=1S/C14H16N2/c1-11(2)14-10-15-13(9-16-14)8-12-6-4-3-5-7-12/h3-7,9-11H,8H2,1-2H3. The maximum Gasteiger partial charge on any atom is 0.0630 e. The molecule has 82 valence electrons. The van der Waals surface area contributed by atoms with Gasteiger partial charge in [0, 0.05) is 18.8 Å².